The van der Waals surface area contributed by atoms with Crippen LogP contribution in [0.15, 0.2) is 36.7 Å². The molecule has 2 aromatic heterocycles. The molecule has 1 aromatic carbocycles. The predicted octanol–water partition coefficient (Wildman–Crippen LogP) is 4.45. The van der Waals surface area contributed by atoms with Crippen LogP contribution in [-0.4, -0.2) is 44.8 Å². The van der Waals surface area contributed by atoms with Crippen molar-refractivity contribution in [3.8, 4) is 0 Å². The Morgan fingerprint density at radius 3 is 2.67 bits per heavy atom. The monoisotopic (exact) mass is 465 g/mol. The van der Waals surface area contributed by atoms with Gasteiger partial charge in [-0.3, -0.25) is 14.6 Å². The third-order valence-electron chi connectivity index (χ3n) is 6.72. The summed E-state index contributed by atoms with van der Waals surface area (Å²) >= 11 is 6.01. The van der Waals surface area contributed by atoms with E-state index in [4.69, 9.17) is 11.6 Å². The number of amides is 2. The quantitative estimate of drug-likeness (QED) is 0.619. The predicted molar refractivity (Wildman–Crippen MR) is 128 cm³/mol. The summed E-state index contributed by atoms with van der Waals surface area (Å²) in [6.07, 6.45) is 7.78. The molecule has 1 saturated heterocycles. The van der Waals surface area contributed by atoms with Gasteiger partial charge in [-0.25, -0.2) is 4.98 Å². The first-order valence-electron chi connectivity index (χ1n) is 11.6. The van der Waals surface area contributed by atoms with Gasteiger partial charge in [0.25, 0.3) is 0 Å². The summed E-state index contributed by atoms with van der Waals surface area (Å²) < 4.78 is 0. The first-order valence-corrected chi connectivity index (χ1v) is 12.0. The number of hydrogen-bond donors (Lipinski definition) is 1. The zero-order chi connectivity index (χ0) is 23.2. The third kappa shape index (κ3) is 3.99. The summed E-state index contributed by atoms with van der Waals surface area (Å²) in [7, 11) is 0. The molecule has 0 bridgehead atoms. The lowest BCUT2D eigenvalue weighted by Crippen LogP contribution is -2.31. The van der Waals surface area contributed by atoms with Crippen molar-refractivity contribution in [3.63, 3.8) is 0 Å². The number of aromatic nitrogens is 3. The second-order valence-corrected chi connectivity index (χ2v) is 9.83. The zero-order valence-corrected chi connectivity index (χ0v) is 19.7. The van der Waals surface area contributed by atoms with Gasteiger partial charge in [-0.05, 0) is 55.5 Å². The van der Waals surface area contributed by atoms with Crippen LogP contribution < -0.4 is 4.90 Å². The van der Waals surface area contributed by atoms with Gasteiger partial charge in [-0.2, -0.15) is 0 Å². The van der Waals surface area contributed by atoms with E-state index in [0.29, 0.717) is 17.5 Å². The summed E-state index contributed by atoms with van der Waals surface area (Å²) in [5.41, 5.74) is 3.45. The minimum atomic E-state index is -0.298. The van der Waals surface area contributed by atoms with E-state index in [1.807, 2.05) is 43.0 Å². The highest BCUT2D eigenvalue weighted by Crippen LogP contribution is 2.57. The molecule has 6 rings (SSSR count). The normalized spacial score (nSPS) is 18.1. The standard InChI is InChI=1S/C17H13ClN4O.C8H15NO/c18-10-1-2-12-13(7-10)21-15(20-12)9-22-14-8-19-6-3-11(14)17(4-5-17)16(22)23;1-7(2)8(10)9-5-3-4-6-9/h1-3,6-8H,4-5,9H2,(H,20,21);7H,3-6H2,1-2H3. The van der Waals surface area contributed by atoms with Gasteiger partial charge in [0.2, 0.25) is 11.8 Å². The van der Waals surface area contributed by atoms with Gasteiger partial charge in [0.15, 0.2) is 0 Å². The Morgan fingerprint density at radius 2 is 1.97 bits per heavy atom. The second-order valence-electron chi connectivity index (χ2n) is 9.40. The van der Waals surface area contributed by atoms with Crippen molar-refractivity contribution in [1.29, 1.82) is 0 Å². The number of rotatable bonds is 3. The molecule has 8 heteroatoms. The van der Waals surface area contributed by atoms with Crippen LogP contribution in [0.1, 0.15) is 50.9 Å². The van der Waals surface area contributed by atoms with Gasteiger partial charge in [0.1, 0.15) is 5.82 Å². The Hall–Kier alpha value is -2.93. The summed E-state index contributed by atoms with van der Waals surface area (Å²) in [5.74, 6) is 1.41. The number of hydrogen-bond acceptors (Lipinski definition) is 4. The summed E-state index contributed by atoms with van der Waals surface area (Å²) in [6.45, 7) is 6.31. The lowest BCUT2D eigenvalue weighted by molar-refractivity contribution is -0.133. The maximum absolute atomic E-state index is 12.9. The van der Waals surface area contributed by atoms with Crippen molar-refractivity contribution >= 4 is 40.1 Å². The smallest absolute Gasteiger partial charge is 0.238 e. The number of anilines is 1. The number of pyridine rings is 1. The van der Waals surface area contributed by atoms with Crippen molar-refractivity contribution in [2.24, 2.45) is 5.92 Å². The number of aromatic amines is 1. The number of carbonyl (C=O) groups excluding carboxylic acids is 2. The molecule has 1 saturated carbocycles. The van der Waals surface area contributed by atoms with Crippen LogP contribution in [0.4, 0.5) is 5.69 Å². The van der Waals surface area contributed by atoms with Crippen LogP contribution in [0.2, 0.25) is 5.02 Å². The number of likely N-dealkylation sites (tertiary alicyclic amines) is 1. The number of H-pyrrole nitrogens is 1. The van der Waals surface area contributed by atoms with Crippen LogP contribution in [0.3, 0.4) is 0 Å². The largest absolute Gasteiger partial charge is 0.342 e. The first-order chi connectivity index (χ1) is 15.9. The van der Waals surface area contributed by atoms with Gasteiger partial charge >= 0.3 is 0 Å². The average molecular weight is 466 g/mol. The lowest BCUT2D eigenvalue weighted by Gasteiger charge is -2.17. The van der Waals surface area contributed by atoms with Gasteiger partial charge < -0.3 is 14.8 Å². The minimum absolute atomic E-state index is 0.166. The highest BCUT2D eigenvalue weighted by Gasteiger charge is 2.59. The van der Waals surface area contributed by atoms with Gasteiger partial charge in [0.05, 0.1) is 34.9 Å². The molecule has 2 fully saturated rings. The maximum Gasteiger partial charge on any atom is 0.238 e. The molecule has 0 unspecified atom stereocenters. The summed E-state index contributed by atoms with van der Waals surface area (Å²) in [6, 6.07) is 7.50. The number of halogens is 1. The van der Waals surface area contributed by atoms with Crippen LogP contribution in [0.5, 0.6) is 0 Å². The number of benzene rings is 1. The maximum atomic E-state index is 12.9. The molecule has 1 spiro atoms. The highest BCUT2D eigenvalue weighted by atomic mass is 35.5. The molecule has 2 aliphatic heterocycles. The Kier molecular flexibility index (Phi) is 5.60. The Labute approximate surface area is 198 Å². The molecule has 4 heterocycles. The van der Waals surface area contributed by atoms with E-state index in [9.17, 15) is 9.59 Å². The highest BCUT2D eigenvalue weighted by molar-refractivity contribution is 6.31. The van der Waals surface area contributed by atoms with E-state index >= 15 is 0 Å². The summed E-state index contributed by atoms with van der Waals surface area (Å²) in [5, 5.41) is 0.663. The fraction of sp³-hybridized carbons (Fsp3) is 0.440. The minimum Gasteiger partial charge on any atom is -0.342 e. The molecule has 1 N–H and O–H groups in total. The van der Waals surface area contributed by atoms with Crippen LogP contribution >= 0.6 is 11.6 Å². The molecule has 2 amide bonds. The van der Waals surface area contributed by atoms with E-state index in [2.05, 4.69) is 15.0 Å². The number of nitrogens with zero attached hydrogens (tertiary/aromatic N) is 4. The Morgan fingerprint density at radius 1 is 1.21 bits per heavy atom. The molecular weight excluding hydrogens is 438 g/mol. The van der Waals surface area contributed by atoms with Gasteiger partial charge in [-0.15, -0.1) is 0 Å². The molecular formula is C25H28ClN5O2. The molecule has 7 nitrogen and oxygen atoms in total. The Balaban J connectivity index is 0.000000193. The molecule has 3 aromatic rings. The van der Waals surface area contributed by atoms with Crippen LogP contribution in [0.25, 0.3) is 11.0 Å². The SMILES string of the molecule is CC(C)C(=O)N1CCCC1.O=C1N(Cc2nc3ccc(Cl)cc3[nH]2)c2cnccc2C12CC2. The molecule has 3 aliphatic rings. The third-order valence-corrected chi connectivity index (χ3v) is 6.96. The number of imidazole rings is 1. The Bertz CT molecular complexity index is 1210. The second kappa shape index (κ2) is 8.45. The fourth-order valence-corrected chi connectivity index (χ4v) is 4.99. The van der Waals surface area contributed by atoms with Crippen molar-refractivity contribution in [2.45, 2.75) is 51.5 Å². The van der Waals surface area contributed by atoms with Crippen molar-refractivity contribution in [3.05, 3.63) is 53.1 Å². The van der Waals surface area contributed by atoms with E-state index in [0.717, 1.165) is 54.0 Å². The lowest BCUT2D eigenvalue weighted by atomic mass is 9.99. The van der Waals surface area contributed by atoms with E-state index in [1.165, 1.54) is 12.8 Å². The molecule has 0 radical (unpaired) electrons. The van der Waals surface area contributed by atoms with E-state index in [1.54, 1.807) is 17.3 Å². The number of fused-ring (bicyclic) bond motifs is 3. The average Bonchev–Trinajstić information content (AvgIpc) is 3.15. The van der Waals surface area contributed by atoms with Gasteiger partial charge in [0, 0.05) is 30.2 Å². The first kappa shape index (κ1) is 21.9. The van der Waals surface area contributed by atoms with Crippen molar-refractivity contribution in [2.75, 3.05) is 18.0 Å². The zero-order valence-electron chi connectivity index (χ0n) is 19.0. The van der Waals surface area contributed by atoms with Crippen LogP contribution in [0, 0.1) is 5.92 Å². The fourth-order valence-electron chi connectivity index (χ4n) is 4.82. The topological polar surface area (TPSA) is 82.2 Å². The number of nitrogens with one attached hydrogen (secondary N) is 1. The van der Waals surface area contributed by atoms with Crippen molar-refractivity contribution in [1.82, 2.24) is 19.9 Å². The van der Waals surface area contributed by atoms with E-state index in [-0.39, 0.29) is 17.2 Å². The molecule has 0 atom stereocenters. The van der Waals surface area contributed by atoms with Gasteiger partial charge in [-0.1, -0.05) is 25.4 Å². The molecule has 33 heavy (non-hydrogen) atoms. The van der Waals surface area contributed by atoms with Crippen molar-refractivity contribution < 1.29 is 9.59 Å². The van der Waals surface area contributed by atoms with E-state index < -0.39 is 0 Å². The van der Waals surface area contributed by atoms with Crippen LogP contribution in [-0.2, 0) is 21.5 Å². The summed E-state index contributed by atoms with van der Waals surface area (Å²) in [4.78, 5) is 39.9. The molecule has 1 aliphatic carbocycles. The number of carbonyl (C=O) groups is 2. The molecule has 172 valence electrons.